The molecule has 1 aliphatic heterocycles. The van der Waals surface area contributed by atoms with Crippen LogP contribution in [0.5, 0.6) is 0 Å². The highest BCUT2D eigenvalue weighted by Gasteiger charge is 2.30. The zero-order valence-electron chi connectivity index (χ0n) is 11.0. The summed E-state index contributed by atoms with van der Waals surface area (Å²) < 4.78 is 5.66. The van der Waals surface area contributed by atoms with E-state index in [0.29, 0.717) is 5.92 Å². The van der Waals surface area contributed by atoms with E-state index >= 15 is 0 Å². The molecule has 1 saturated heterocycles. The molecule has 0 aliphatic carbocycles. The van der Waals surface area contributed by atoms with E-state index in [1.165, 1.54) is 12.0 Å². The molecular formula is C16H20N2O. The first kappa shape index (κ1) is 12.5. The van der Waals surface area contributed by atoms with Crippen LogP contribution >= 0.6 is 0 Å². The molecule has 1 aromatic carbocycles. The fraction of sp³-hybridized carbons (Fsp3) is 0.375. The Balaban J connectivity index is 1.90. The maximum absolute atomic E-state index is 5.80. The first-order valence-electron chi connectivity index (χ1n) is 6.91. The van der Waals surface area contributed by atoms with Crippen LogP contribution in [0.1, 0.15) is 23.8 Å². The van der Waals surface area contributed by atoms with Gasteiger partial charge in [0.05, 0.1) is 12.3 Å². The van der Waals surface area contributed by atoms with Gasteiger partial charge in [-0.15, -0.1) is 0 Å². The number of nitrogens with zero attached hydrogens (tertiary/aromatic N) is 1. The highest BCUT2D eigenvalue weighted by atomic mass is 16.3. The largest absolute Gasteiger partial charge is 0.467 e. The van der Waals surface area contributed by atoms with Crippen molar-refractivity contribution in [2.45, 2.75) is 12.5 Å². The smallest absolute Gasteiger partial charge is 0.125 e. The van der Waals surface area contributed by atoms with Crippen LogP contribution in [0, 0.1) is 5.92 Å². The van der Waals surface area contributed by atoms with Crippen LogP contribution in [0.4, 0.5) is 0 Å². The van der Waals surface area contributed by atoms with Gasteiger partial charge in [-0.3, -0.25) is 4.90 Å². The molecule has 2 unspecified atom stereocenters. The van der Waals surface area contributed by atoms with Crippen molar-refractivity contribution in [2.24, 2.45) is 11.7 Å². The van der Waals surface area contributed by atoms with Gasteiger partial charge in [-0.1, -0.05) is 30.3 Å². The van der Waals surface area contributed by atoms with E-state index in [1.807, 2.05) is 6.07 Å². The lowest BCUT2D eigenvalue weighted by molar-refractivity contribution is 0.241. The van der Waals surface area contributed by atoms with E-state index in [4.69, 9.17) is 10.2 Å². The van der Waals surface area contributed by atoms with Crippen LogP contribution < -0.4 is 5.73 Å². The van der Waals surface area contributed by atoms with E-state index in [9.17, 15) is 0 Å². The molecule has 0 amide bonds. The van der Waals surface area contributed by atoms with E-state index in [2.05, 4.69) is 41.3 Å². The highest BCUT2D eigenvalue weighted by molar-refractivity contribution is 5.27. The minimum Gasteiger partial charge on any atom is -0.467 e. The van der Waals surface area contributed by atoms with Crippen molar-refractivity contribution in [1.82, 2.24) is 4.90 Å². The Hall–Kier alpha value is -1.58. The first-order valence-corrected chi connectivity index (χ1v) is 6.91. The first-order chi connectivity index (χ1) is 9.38. The van der Waals surface area contributed by atoms with Crippen molar-refractivity contribution in [3.05, 3.63) is 60.1 Å². The Morgan fingerprint density at radius 2 is 2.05 bits per heavy atom. The number of benzene rings is 1. The van der Waals surface area contributed by atoms with Gasteiger partial charge in [0, 0.05) is 6.54 Å². The number of furan rings is 1. The van der Waals surface area contributed by atoms with Crippen molar-refractivity contribution in [2.75, 3.05) is 19.6 Å². The SMILES string of the molecule is NCC1CCN(C(c2ccccc2)c2ccco2)C1. The zero-order chi connectivity index (χ0) is 13.1. The second-order valence-electron chi connectivity index (χ2n) is 5.21. The molecule has 3 nitrogen and oxygen atoms in total. The second kappa shape index (κ2) is 5.59. The summed E-state index contributed by atoms with van der Waals surface area (Å²) in [5.41, 5.74) is 7.09. The van der Waals surface area contributed by atoms with Crippen LogP contribution in [0.25, 0.3) is 0 Å². The molecule has 19 heavy (non-hydrogen) atoms. The highest BCUT2D eigenvalue weighted by Crippen LogP contribution is 2.33. The average molecular weight is 256 g/mol. The molecular weight excluding hydrogens is 236 g/mol. The van der Waals surface area contributed by atoms with Gasteiger partial charge in [0.15, 0.2) is 0 Å². The fourth-order valence-electron chi connectivity index (χ4n) is 2.93. The van der Waals surface area contributed by atoms with Crippen LogP contribution in [0.3, 0.4) is 0 Å². The van der Waals surface area contributed by atoms with Crippen LogP contribution in [-0.2, 0) is 0 Å². The summed E-state index contributed by atoms with van der Waals surface area (Å²) in [7, 11) is 0. The summed E-state index contributed by atoms with van der Waals surface area (Å²) in [4.78, 5) is 2.48. The number of hydrogen-bond acceptors (Lipinski definition) is 3. The second-order valence-corrected chi connectivity index (χ2v) is 5.21. The van der Waals surface area contributed by atoms with Crippen LogP contribution in [0.15, 0.2) is 53.1 Å². The fourth-order valence-corrected chi connectivity index (χ4v) is 2.93. The predicted octanol–water partition coefficient (Wildman–Crippen LogP) is 2.65. The minimum atomic E-state index is 0.216. The van der Waals surface area contributed by atoms with Crippen molar-refractivity contribution in [1.29, 1.82) is 0 Å². The molecule has 2 aromatic rings. The van der Waals surface area contributed by atoms with Gasteiger partial charge in [-0.2, -0.15) is 0 Å². The molecule has 2 N–H and O–H groups in total. The lowest BCUT2D eigenvalue weighted by atomic mass is 10.0. The molecule has 100 valence electrons. The van der Waals surface area contributed by atoms with Gasteiger partial charge < -0.3 is 10.2 Å². The summed E-state index contributed by atoms with van der Waals surface area (Å²) in [6.45, 7) is 2.91. The number of nitrogens with two attached hydrogens (primary N) is 1. The van der Waals surface area contributed by atoms with E-state index in [1.54, 1.807) is 6.26 Å². The lowest BCUT2D eigenvalue weighted by Crippen LogP contribution is -2.28. The normalized spacial score (nSPS) is 21.6. The van der Waals surface area contributed by atoms with Crippen LogP contribution in [-0.4, -0.2) is 24.5 Å². The van der Waals surface area contributed by atoms with Crippen molar-refractivity contribution >= 4 is 0 Å². The van der Waals surface area contributed by atoms with Gasteiger partial charge in [0.1, 0.15) is 5.76 Å². The van der Waals surface area contributed by atoms with Gasteiger partial charge >= 0.3 is 0 Å². The number of rotatable bonds is 4. The quantitative estimate of drug-likeness (QED) is 0.914. The molecule has 3 rings (SSSR count). The maximum atomic E-state index is 5.80. The third kappa shape index (κ3) is 2.57. The summed E-state index contributed by atoms with van der Waals surface area (Å²) in [6, 6.07) is 14.8. The predicted molar refractivity (Wildman–Crippen MR) is 75.7 cm³/mol. The molecule has 1 fully saturated rings. The Labute approximate surface area is 114 Å². The van der Waals surface area contributed by atoms with Gasteiger partial charge in [0.2, 0.25) is 0 Å². The van der Waals surface area contributed by atoms with Crippen molar-refractivity contribution in [3.63, 3.8) is 0 Å². The van der Waals surface area contributed by atoms with Gasteiger partial charge in [-0.25, -0.2) is 0 Å². The molecule has 0 saturated carbocycles. The minimum absolute atomic E-state index is 0.216. The molecule has 2 atom stereocenters. The van der Waals surface area contributed by atoms with E-state index in [0.717, 1.165) is 25.4 Å². The summed E-state index contributed by atoms with van der Waals surface area (Å²) in [6.07, 6.45) is 2.93. The molecule has 3 heteroatoms. The standard InChI is InChI=1S/C16H20N2O/c17-11-13-8-9-18(12-13)16(15-7-4-10-19-15)14-5-2-1-3-6-14/h1-7,10,13,16H,8-9,11-12,17H2. The molecule has 0 radical (unpaired) electrons. The number of likely N-dealkylation sites (tertiary alicyclic amines) is 1. The van der Waals surface area contributed by atoms with E-state index < -0.39 is 0 Å². The summed E-state index contributed by atoms with van der Waals surface area (Å²) in [5.74, 6) is 1.63. The van der Waals surface area contributed by atoms with Crippen molar-refractivity contribution < 1.29 is 4.42 Å². The van der Waals surface area contributed by atoms with Crippen molar-refractivity contribution in [3.8, 4) is 0 Å². The topological polar surface area (TPSA) is 42.4 Å². The summed E-state index contributed by atoms with van der Waals surface area (Å²) in [5, 5.41) is 0. The molecule has 0 spiro atoms. The molecule has 2 heterocycles. The Morgan fingerprint density at radius 3 is 2.68 bits per heavy atom. The Kier molecular flexibility index (Phi) is 3.67. The van der Waals surface area contributed by atoms with Gasteiger partial charge in [-0.05, 0) is 43.1 Å². The average Bonchev–Trinajstić information content (AvgIpc) is 3.12. The Morgan fingerprint density at radius 1 is 1.21 bits per heavy atom. The van der Waals surface area contributed by atoms with Crippen LogP contribution in [0.2, 0.25) is 0 Å². The molecule has 1 aliphatic rings. The number of hydrogen-bond donors (Lipinski definition) is 1. The summed E-state index contributed by atoms with van der Waals surface area (Å²) >= 11 is 0. The molecule has 1 aromatic heterocycles. The Bertz CT molecular complexity index is 495. The third-order valence-corrected chi connectivity index (χ3v) is 3.94. The van der Waals surface area contributed by atoms with Gasteiger partial charge in [0.25, 0.3) is 0 Å². The zero-order valence-corrected chi connectivity index (χ0v) is 11.0. The molecule has 0 bridgehead atoms. The monoisotopic (exact) mass is 256 g/mol. The lowest BCUT2D eigenvalue weighted by Gasteiger charge is -2.26. The third-order valence-electron chi connectivity index (χ3n) is 3.94. The van der Waals surface area contributed by atoms with E-state index in [-0.39, 0.29) is 6.04 Å². The maximum Gasteiger partial charge on any atom is 0.125 e.